The highest BCUT2D eigenvalue weighted by Gasteiger charge is 2.28. The number of ketones is 1. The molecule has 0 fully saturated rings. The molecule has 1 atom stereocenters. The normalized spacial score (nSPS) is 12.1. The topological polar surface area (TPSA) is 177 Å². The summed E-state index contributed by atoms with van der Waals surface area (Å²) in [7, 11) is 1.57. The summed E-state index contributed by atoms with van der Waals surface area (Å²) in [6.07, 6.45) is 0.404. The molecule has 0 radical (unpaired) electrons. The van der Waals surface area contributed by atoms with Crippen LogP contribution in [0.1, 0.15) is 36.0 Å². The van der Waals surface area contributed by atoms with Crippen molar-refractivity contribution in [3.8, 4) is 11.1 Å². The van der Waals surface area contributed by atoms with Crippen LogP contribution in [0.2, 0.25) is 0 Å². The molecular formula is C39H52N4O9. The molecule has 3 amide bonds. The van der Waals surface area contributed by atoms with Crippen LogP contribution >= 0.6 is 0 Å². The molecule has 0 aliphatic heterocycles. The second-order valence-corrected chi connectivity index (χ2v) is 11.7. The number of alkyl carbamates (subject to hydrolysis) is 1. The van der Waals surface area contributed by atoms with E-state index in [9.17, 15) is 19.2 Å². The zero-order valence-corrected chi connectivity index (χ0v) is 30.1. The summed E-state index contributed by atoms with van der Waals surface area (Å²) < 4.78 is 26.2. The molecule has 282 valence electrons. The molecule has 5 N–H and O–H groups in total. The van der Waals surface area contributed by atoms with Gasteiger partial charge in [0.1, 0.15) is 19.8 Å². The maximum absolute atomic E-state index is 12.2. The van der Waals surface area contributed by atoms with E-state index in [-0.39, 0.29) is 56.0 Å². The Labute approximate surface area is 305 Å². The number of nitrogens with two attached hydrogens (primary N) is 1. The molecule has 13 nitrogen and oxygen atoms in total. The van der Waals surface area contributed by atoms with Crippen molar-refractivity contribution in [2.75, 3.05) is 79.6 Å². The Bertz CT molecular complexity index is 1480. The average Bonchev–Trinajstić information content (AvgIpc) is 3.49. The molecule has 0 saturated heterocycles. The molecule has 0 saturated carbocycles. The first-order valence-electron chi connectivity index (χ1n) is 17.5. The van der Waals surface area contributed by atoms with Gasteiger partial charge in [0, 0.05) is 32.5 Å². The molecule has 52 heavy (non-hydrogen) atoms. The number of rotatable bonds is 22. The number of ether oxygens (including phenoxy) is 5. The van der Waals surface area contributed by atoms with Crippen molar-refractivity contribution in [2.45, 2.75) is 31.7 Å². The van der Waals surface area contributed by atoms with Crippen molar-refractivity contribution in [1.82, 2.24) is 16.0 Å². The SMILES string of the molecule is CCC(=O)[C@H](Cc1ccccc1)NC(=O)COCCOCCNC(=O)COCCOCCN.CNC(=O)OCC1c2ccccc2-c2ccccc21. The van der Waals surface area contributed by atoms with E-state index in [4.69, 9.17) is 29.4 Å². The Morgan fingerprint density at radius 3 is 1.87 bits per heavy atom. The Morgan fingerprint density at radius 2 is 1.27 bits per heavy atom. The van der Waals surface area contributed by atoms with Crippen LogP contribution in [0.15, 0.2) is 78.9 Å². The van der Waals surface area contributed by atoms with Gasteiger partial charge in [-0.05, 0) is 34.2 Å². The van der Waals surface area contributed by atoms with Gasteiger partial charge in [-0.2, -0.15) is 0 Å². The number of carbonyl (C=O) groups excluding carboxylic acids is 4. The molecule has 0 bridgehead atoms. The minimum Gasteiger partial charge on any atom is -0.449 e. The number of hydrogen-bond acceptors (Lipinski definition) is 10. The van der Waals surface area contributed by atoms with E-state index in [1.807, 2.05) is 54.6 Å². The standard InChI is InChI=1S/C23H37N3O7.C16H15NO2/c1-2-21(27)20(16-19-6-4-3-5-7-19)26-23(29)18-33-15-13-31-11-9-25-22(28)17-32-14-12-30-10-8-24;1-17-16(18)19-10-15-13-8-4-2-6-11(13)12-7-3-5-9-14(12)15/h3-7,20H,2,8-18,24H2,1H3,(H,25,28)(H,26,29);2-9,15H,10H2,1H3,(H,17,18)/t20-;/m0./s1. The zero-order valence-electron chi connectivity index (χ0n) is 30.1. The predicted octanol–water partition coefficient (Wildman–Crippen LogP) is 2.99. The van der Waals surface area contributed by atoms with E-state index >= 15 is 0 Å². The van der Waals surface area contributed by atoms with Crippen molar-refractivity contribution in [3.05, 3.63) is 95.6 Å². The Kier molecular flexibility index (Phi) is 19.7. The van der Waals surface area contributed by atoms with Gasteiger partial charge >= 0.3 is 6.09 Å². The molecule has 3 aromatic carbocycles. The van der Waals surface area contributed by atoms with Gasteiger partial charge in [0.05, 0.1) is 45.7 Å². The monoisotopic (exact) mass is 720 g/mol. The number of fused-ring (bicyclic) bond motifs is 3. The van der Waals surface area contributed by atoms with E-state index in [2.05, 4.69) is 40.2 Å². The van der Waals surface area contributed by atoms with E-state index in [0.29, 0.717) is 59.0 Å². The van der Waals surface area contributed by atoms with Gasteiger partial charge in [-0.1, -0.05) is 85.8 Å². The number of Topliss-reactive ketones (excluding diaryl/α,β-unsaturated/α-hetero) is 1. The predicted molar refractivity (Wildman–Crippen MR) is 197 cm³/mol. The Balaban J connectivity index is 0.000000320. The van der Waals surface area contributed by atoms with Gasteiger partial charge in [-0.3, -0.25) is 14.4 Å². The maximum atomic E-state index is 12.2. The van der Waals surface area contributed by atoms with Crippen molar-refractivity contribution in [1.29, 1.82) is 0 Å². The third kappa shape index (κ3) is 14.9. The number of amides is 3. The minimum absolute atomic E-state index is 0.0251. The first kappa shape index (κ1) is 41.8. The molecule has 0 heterocycles. The third-order valence-corrected chi connectivity index (χ3v) is 7.94. The number of benzene rings is 3. The van der Waals surface area contributed by atoms with Crippen LogP contribution in [0.4, 0.5) is 4.79 Å². The molecule has 4 rings (SSSR count). The van der Waals surface area contributed by atoms with Crippen LogP contribution in [0.5, 0.6) is 0 Å². The highest BCUT2D eigenvalue weighted by molar-refractivity contribution is 5.89. The Morgan fingerprint density at radius 1 is 0.712 bits per heavy atom. The van der Waals surface area contributed by atoms with Crippen LogP contribution in [-0.2, 0) is 44.5 Å². The maximum Gasteiger partial charge on any atom is 0.406 e. The van der Waals surface area contributed by atoms with Crippen molar-refractivity contribution < 1.29 is 42.9 Å². The lowest BCUT2D eigenvalue weighted by molar-refractivity contribution is -0.131. The van der Waals surface area contributed by atoms with E-state index in [1.54, 1.807) is 14.0 Å². The summed E-state index contributed by atoms with van der Waals surface area (Å²) in [5.41, 5.74) is 11.2. The molecule has 0 unspecified atom stereocenters. The van der Waals surface area contributed by atoms with Crippen molar-refractivity contribution in [3.63, 3.8) is 0 Å². The van der Waals surface area contributed by atoms with Gasteiger partial charge < -0.3 is 45.4 Å². The smallest absolute Gasteiger partial charge is 0.406 e. The molecule has 1 aliphatic rings. The Hall–Kier alpha value is -4.66. The lowest BCUT2D eigenvalue weighted by Gasteiger charge is -2.17. The number of nitrogens with one attached hydrogen (secondary N) is 3. The van der Waals surface area contributed by atoms with Gasteiger partial charge in [-0.25, -0.2) is 4.79 Å². The third-order valence-electron chi connectivity index (χ3n) is 7.94. The molecular weight excluding hydrogens is 668 g/mol. The summed E-state index contributed by atoms with van der Waals surface area (Å²) in [5.74, 6) is -0.483. The van der Waals surface area contributed by atoms with Gasteiger partial charge in [0.2, 0.25) is 11.8 Å². The largest absolute Gasteiger partial charge is 0.449 e. The van der Waals surface area contributed by atoms with Crippen LogP contribution in [0, 0.1) is 0 Å². The highest BCUT2D eigenvalue weighted by atomic mass is 16.5. The second-order valence-electron chi connectivity index (χ2n) is 11.7. The van der Waals surface area contributed by atoms with Gasteiger partial charge in [0.15, 0.2) is 5.78 Å². The van der Waals surface area contributed by atoms with E-state index < -0.39 is 6.04 Å². The van der Waals surface area contributed by atoms with Crippen LogP contribution in [0.25, 0.3) is 11.1 Å². The fraction of sp³-hybridized carbons (Fsp3) is 0.436. The molecule has 0 spiro atoms. The lowest BCUT2D eigenvalue weighted by atomic mass is 9.98. The van der Waals surface area contributed by atoms with E-state index in [1.165, 1.54) is 22.3 Å². The quantitative estimate of drug-likeness (QED) is 0.113. The fourth-order valence-corrected chi connectivity index (χ4v) is 5.41. The summed E-state index contributed by atoms with van der Waals surface area (Å²) in [4.78, 5) is 47.1. The van der Waals surface area contributed by atoms with Crippen LogP contribution in [-0.4, -0.2) is 109 Å². The first-order valence-corrected chi connectivity index (χ1v) is 17.5. The summed E-state index contributed by atoms with van der Waals surface area (Å²) >= 11 is 0. The van der Waals surface area contributed by atoms with Crippen LogP contribution in [0.3, 0.4) is 0 Å². The summed E-state index contributed by atoms with van der Waals surface area (Å²) in [5, 5.41) is 7.88. The molecule has 3 aromatic rings. The van der Waals surface area contributed by atoms with Gasteiger partial charge in [0.25, 0.3) is 0 Å². The average molecular weight is 721 g/mol. The minimum atomic E-state index is -0.573. The zero-order chi connectivity index (χ0) is 37.4. The van der Waals surface area contributed by atoms with E-state index in [0.717, 1.165) is 5.56 Å². The fourth-order valence-electron chi connectivity index (χ4n) is 5.41. The molecule has 13 heteroatoms. The first-order chi connectivity index (χ1) is 25.4. The molecule has 1 aliphatic carbocycles. The van der Waals surface area contributed by atoms with Crippen LogP contribution < -0.4 is 21.7 Å². The van der Waals surface area contributed by atoms with Crippen molar-refractivity contribution in [2.24, 2.45) is 5.73 Å². The number of carbonyl (C=O) groups is 4. The molecule has 0 aromatic heterocycles. The lowest BCUT2D eigenvalue weighted by Crippen LogP contribution is -2.43. The summed E-state index contributed by atoms with van der Waals surface area (Å²) in [6.45, 7) is 4.73. The van der Waals surface area contributed by atoms with Gasteiger partial charge in [-0.15, -0.1) is 0 Å². The summed E-state index contributed by atoms with van der Waals surface area (Å²) in [6, 6.07) is 25.5. The second kappa shape index (κ2) is 24.5. The highest BCUT2D eigenvalue weighted by Crippen LogP contribution is 2.44. The van der Waals surface area contributed by atoms with Crippen molar-refractivity contribution >= 4 is 23.7 Å². The number of hydrogen-bond donors (Lipinski definition) is 4.